The predicted octanol–water partition coefficient (Wildman–Crippen LogP) is 0.00620. The molecule has 0 saturated carbocycles. The number of hydrogen-bond donors (Lipinski definition) is 1. The number of rotatable bonds is 3. The third-order valence-electron chi connectivity index (χ3n) is 2.19. The highest BCUT2D eigenvalue weighted by Gasteiger charge is 2.32. The highest BCUT2D eigenvalue weighted by Crippen LogP contribution is 2.19. The molecule has 1 atom stereocenters. The first-order chi connectivity index (χ1) is 6.03. The van der Waals surface area contributed by atoms with Crippen LogP contribution in [0, 0.1) is 0 Å². The largest absolute Gasteiger partial charge is 0.465 e. The molecular formula is C9H17NO3. The molecule has 1 unspecified atom stereocenters. The molecule has 0 radical (unpaired) electrons. The summed E-state index contributed by atoms with van der Waals surface area (Å²) >= 11 is 0. The van der Waals surface area contributed by atoms with Crippen LogP contribution in [0.1, 0.15) is 20.3 Å². The van der Waals surface area contributed by atoms with Gasteiger partial charge in [0.25, 0.3) is 0 Å². The van der Waals surface area contributed by atoms with Crippen molar-refractivity contribution >= 4 is 5.97 Å². The number of hydrogen-bond acceptors (Lipinski definition) is 4. The van der Waals surface area contributed by atoms with Gasteiger partial charge in [0.05, 0.1) is 18.8 Å². The summed E-state index contributed by atoms with van der Waals surface area (Å²) in [6, 6.07) is 0. The van der Waals surface area contributed by atoms with Gasteiger partial charge in [-0.2, -0.15) is 0 Å². The Morgan fingerprint density at radius 3 is 2.85 bits per heavy atom. The zero-order chi connectivity index (χ0) is 9.90. The molecule has 1 aliphatic rings. The summed E-state index contributed by atoms with van der Waals surface area (Å²) in [4.78, 5) is 13.0. The van der Waals surface area contributed by atoms with Crippen LogP contribution in [-0.4, -0.2) is 47.8 Å². The molecular weight excluding hydrogens is 170 g/mol. The summed E-state index contributed by atoms with van der Waals surface area (Å²) in [7, 11) is 0. The highest BCUT2D eigenvalue weighted by molar-refractivity contribution is 5.71. The minimum atomic E-state index is -0.632. The number of β-amino-alcohol motifs (C(OH)–C–C–N with tert-alkyl or cyclic N) is 1. The summed E-state index contributed by atoms with van der Waals surface area (Å²) in [5, 5.41) is 9.61. The van der Waals surface area contributed by atoms with E-state index in [9.17, 15) is 9.90 Å². The average molecular weight is 187 g/mol. The molecule has 0 aromatic rings. The second-order valence-corrected chi connectivity index (χ2v) is 3.76. The van der Waals surface area contributed by atoms with E-state index in [1.165, 1.54) is 0 Å². The van der Waals surface area contributed by atoms with Crippen LogP contribution in [0.15, 0.2) is 0 Å². The van der Waals surface area contributed by atoms with E-state index in [4.69, 9.17) is 4.74 Å². The average Bonchev–Trinajstić information content (AvgIpc) is 2.30. The van der Waals surface area contributed by atoms with Gasteiger partial charge in [0.15, 0.2) is 0 Å². The van der Waals surface area contributed by atoms with Crippen molar-refractivity contribution in [1.82, 2.24) is 4.90 Å². The Balaban J connectivity index is 2.28. The molecule has 1 heterocycles. The van der Waals surface area contributed by atoms with Gasteiger partial charge in [0.2, 0.25) is 0 Å². The van der Waals surface area contributed by atoms with Gasteiger partial charge >= 0.3 is 5.97 Å². The number of nitrogens with zero attached hydrogens (tertiary/aromatic N) is 1. The number of carbonyl (C=O) groups excluding carboxylic acids is 1. The number of likely N-dealkylation sites (tertiary alicyclic amines) is 1. The number of carbonyl (C=O) groups is 1. The summed E-state index contributed by atoms with van der Waals surface area (Å²) in [6.45, 7) is 5.63. The Labute approximate surface area is 78.5 Å². The molecule has 13 heavy (non-hydrogen) atoms. The van der Waals surface area contributed by atoms with Crippen LogP contribution in [0.5, 0.6) is 0 Å². The first-order valence-electron chi connectivity index (χ1n) is 4.64. The van der Waals surface area contributed by atoms with Gasteiger partial charge in [0, 0.05) is 13.1 Å². The van der Waals surface area contributed by atoms with Crippen molar-refractivity contribution in [3.05, 3.63) is 0 Å². The fourth-order valence-corrected chi connectivity index (χ4v) is 1.56. The maximum absolute atomic E-state index is 11.1. The van der Waals surface area contributed by atoms with Crippen LogP contribution in [0.3, 0.4) is 0 Å². The molecule has 0 spiro atoms. The Morgan fingerprint density at radius 1 is 1.69 bits per heavy atom. The van der Waals surface area contributed by atoms with E-state index in [-0.39, 0.29) is 5.97 Å². The van der Waals surface area contributed by atoms with Crippen LogP contribution in [0.2, 0.25) is 0 Å². The Morgan fingerprint density at radius 2 is 2.38 bits per heavy atom. The molecule has 4 nitrogen and oxygen atoms in total. The summed E-state index contributed by atoms with van der Waals surface area (Å²) < 4.78 is 4.81. The highest BCUT2D eigenvalue weighted by atomic mass is 16.5. The van der Waals surface area contributed by atoms with Crippen LogP contribution in [0.4, 0.5) is 0 Å². The monoisotopic (exact) mass is 187 g/mol. The molecule has 1 rings (SSSR count). The predicted molar refractivity (Wildman–Crippen MR) is 48.3 cm³/mol. The smallest absolute Gasteiger partial charge is 0.320 e. The van der Waals surface area contributed by atoms with Crippen molar-refractivity contribution in [3.8, 4) is 0 Å². The van der Waals surface area contributed by atoms with Crippen molar-refractivity contribution in [2.45, 2.75) is 25.9 Å². The molecule has 0 aliphatic carbocycles. The van der Waals surface area contributed by atoms with Crippen molar-refractivity contribution in [3.63, 3.8) is 0 Å². The lowest BCUT2D eigenvalue weighted by Gasteiger charge is -2.17. The SMILES string of the molecule is CCOC(=O)CN1CCC(C)(O)C1. The Bertz CT molecular complexity index is 191. The van der Waals surface area contributed by atoms with Crippen molar-refractivity contribution in [2.75, 3.05) is 26.2 Å². The fourth-order valence-electron chi connectivity index (χ4n) is 1.56. The lowest BCUT2D eigenvalue weighted by Crippen LogP contribution is -2.33. The normalized spacial score (nSPS) is 29.2. The maximum Gasteiger partial charge on any atom is 0.320 e. The minimum Gasteiger partial charge on any atom is -0.465 e. The van der Waals surface area contributed by atoms with E-state index in [2.05, 4.69) is 0 Å². The van der Waals surface area contributed by atoms with Gasteiger partial charge in [-0.1, -0.05) is 0 Å². The van der Waals surface area contributed by atoms with E-state index in [0.717, 1.165) is 13.0 Å². The molecule has 1 aliphatic heterocycles. The summed E-state index contributed by atoms with van der Waals surface area (Å²) in [5.41, 5.74) is -0.632. The van der Waals surface area contributed by atoms with Crippen LogP contribution in [0.25, 0.3) is 0 Å². The quantitative estimate of drug-likeness (QED) is 0.632. The molecule has 1 saturated heterocycles. The van der Waals surface area contributed by atoms with Gasteiger partial charge in [-0.25, -0.2) is 0 Å². The van der Waals surface area contributed by atoms with E-state index in [1.807, 2.05) is 4.90 Å². The van der Waals surface area contributed by atoms with Gasteiger partial charge in [-0.15, -0.1) is 0 Å². The molecule has 1 N–H and O–H groups in total. The third kappa shape index (κ3) is 3.32. The zero-order valence-electron chi connectivity index (χ0n) is 8.25. The lowest BCUT2D eigenvalue weighted by atomic mass is 10.1. The first-order valence-corrected chi connectivity index (χ1v) is 4.64. The second kappa shape index (κ2) is 4.07. The van der Waals surface area contributed by atoms with Crippen molar-refractivity contribution in [2.24, 2.45) is 0 Å². The molecule has 0 aromatic carbocycles. The standard InChI is InChI=1S/C9H17NO3/c1-3-13-8(11)6-10-5-4-9(2,12)7-10/h12H,3-7H2,1-2H3. The van der Waals surface area contributed by atoms with Gasteiger partial charge in [-0.05, 0) is 20.3 Å². The van der Waals surface area contributed by atoms with Crippen molar-refractivity contribution < 1.29 is 14.6 Å². The Kier molecular flexibility index (Phi) is 3.27. The molecule has 76 valence electrons. The first kappa shape index (κ1) is 10.5. The zero-order valence-corrected chi connectivity index (χ0v) is 8.25. The van der Waals surface area contributed by atoms with Gasteiger partial charge in [-0.3, -0.25) is 9.69 Å². The van der Waals surface area contributed by atoms with Crippen molar-refractivity contribution in [1.29, 1.82) is 0 Å². The second-order valence-electron chi connectivity index (χ2n) is 3.76. The number of ether oxygens (including phenoxy) is 1. The van der Waals surface area contributed by atoms with E-state index in [0.29, 0.717) is 19.7 Å². The van der Waals surface area contributed by atoms with Gasteiger partial charge < -0.3 is 9.84 Å². The van der Waals surface area contributed by atoms with E-state index < -0.39 is 5.60 Å². The molecule has 1 fully saturated rings. The fraction of sp³-hybridized carbons (Fsp3) is 0.889. The molecule has 0 bridgehead atoms. The van der Waals surface area contributed by atoms with Gasteiger partial charge in [0.1, 0.15) is 0 Å². The summed E-state index contributed by atoms with van der Waals surface area (Å²) in [6.07, 6.45) is 0.729. The maximum atomic E-state index is 11.1. The van der Waals surface area contributed by atoms with Crippen LogP contribution < -0.4 is 0 Å². The van der Waals surface area contributed by atoms with E-state index in [1.54, 1.807) is 13.8 Å². The van der Waals surface area contributed by atoms with Crippen LogP contribution in [-0.2, 0) is 9.53 Å². The third-order valence-corrected chi connectivity index (χ3v) is 2.19. The molecule has 0 aromatic heterocycles. The molecule has 0 amide bonds. The topological polar surface area (TPSA) is 49.8 Å². The number of esters is 1. The van der Waals surface area contributed by atoms with Crippen LogP contribution >= 0.6 is 0 Å². The summed E-state index contributed by atoms with van der Waals surface area (Å²) in [5.74, 6) is -0.208. The number of aliphatic hydroxyl groups is 1. The lowest BCUT2D eigenvalue weighted by molar-refractivity contribution is -0.144. The van der Waals surface area contributed by atoms with E-state index >= 15 is 0 Å². The molecule has 4 heteroatoms. The minimum absolute atomic E-state index is 0.208. The Hall–Kier alpha value is -0.610.